The first-order chi connectivity index (χ1) is 3.83. The quantitative estimate of drug-likeness (QED) is 0.480. The molecule has 8 heavy (non-hydrogen) atoms. The molecule has 0 spiro atoms. The van der Waals surface area contributed by atoms with Gasteiger partial charge in [0.25, 0.3) is 0 Å². The van der Waals surface area contributed by atoms with Gasteiger partial charge in [0.15, 0.2) is 0 Å². The maximum absolute atomic E-state index is 8.25. The van der Waals surface area contributed by atoms with Crippen molar-refractivity contribution in [3.05, 3.63) is 18.0 Å². The van der Waals surface area contributed by atoms with Crippen LogP contribution in [0.5, 0.6) is 0 Å². The summed E-state index contributed by atoms with van der Waals surface area (Å²) in [5.74, 6) is 0. The number of rotatable bonds is 0. The largest absolute Gasteiger partial charge is 0.274 e. The van der Waals surface area contributed by atoms with E-state index < -0.39 is 0 Å². The van der Waals surface area contributed by atoms with Gasteiger partial charge in [0.05, 0.1) is 11.8 Å². The maximum atomic E-state index is 8.25. The predicted octanol–water partition coefficient (Wildman–Crippen LogP) is 0.292. The van der Waals surface area contributed by atoms with Gasteiger partial charge in [-0.25, -0.2) is 0 Å². The zero-order valence-electron chi connectivity index (χ0n) is 4.50. The number of nitrogens with zero attached hydrogens (tertiary/aromatic N) is 3. The Kier molecular flexibility index (Phi) is 1.01. The second kappa shape index (κ2) is 1.66. The van der Waals surface area contributed by atoms with Gasteiger partial charge in [0, 0.05) is 13.2 Å². The summed E-state index contributed by atoms with van der Waals surface area (Å²) < 4.78 is 1.60. The fourth-order valence-electron chi connectivity index (χ4n) is 0.479. The highest BCUT2D eigenvalue weighted by Crippen LogP contribution is 1.89. The number of hydrogen-bond acceptors (Lipinski definition) is 2. The fraction of sp³-hybridized carbons (Fsp3) is 0.200. The number of aromatic nitrogens is 2. The Morgan fingerprint density at radius 1 is 1.88 bits per heavy atom. The van der Waals surface area contributed by atoms with Gasteiger partial charge >= 0.3 is 0 Å². The first kappa shape index (κ1) is 4.85. The van der Waals surface area contributed by atoms with Crippen LogP contribution in [0, 0.1) is 11.3 Å². The Balaban J connectivity index is 3.05. The summed E-state index contributed by atoms with van der Waals surface area (Å²) in [6, 6.07) is 1.96. The van der Waals surface area contributed by atoms with Gasteiger partial charge in [-0.05, 0) is 0 Å². The van der Waals surface area contributed by atoms with Gasteiger partial charge in [0.2, 0.25) is 0 Å². The van der Waals surface area contributed by atoms with Gasteiger partial charge in [0.1, 0.15) is 6.07 Å². The molecule has 0 bridgehead atoms. The summed E-state index contributed by atoms with van der Waals surface area (Å²) in [7, 11) is 1.78. The predicted molar refractivity (Wildman–Crippen MR) is 27.9 cm³/mol. The smallest absolute Gasteiger partial charge is 0.102 e. The van der Waals surface area contributed by atoms with Crippen LogP contribution in [-0.2, 0) is 7.05 Å². The average molecular weight is 109 g/mol. The molecule has 0 fully saturated rings. The third-order valence-electron chi connectivity index (χ3n) is 0.834. The molecule has 3 nitrogen and oxygen atoms in total. The van der Waals surface area contributed by atoms with Crippen LogP contribution < -0.4 is 0 Å². The molecular formula is C5H5N3. The summed E-state index contributed by atoms with van der Waals surface area (Å²) in [6.07, 6.45) is 3.19. The molecule has 3 heteroatoms. The lowest BCUT2D eigenvalue weighted by Crippen LogP contribution is -1.83. The molecule has 1 rings (SSSR count). The average Bonchev–Trinajstić information content (AvgIpc) is 2.14. The summed E-state index contributed by atoms with van der Waals surface area (Å²) in [5.41, 5.74) is 0.604. The molecule has 0 saturated carbocycles. The van der Waals surface area contributed by atoms with E-state index in [1.165, 1.54) is 6.20 Å². The van der Waals surface area contributed by atoms with Gasteiger partial charge < -0.3 is 0 Å². The molecule has 0 aliphatic carbocycles. The number of hydrogen-bond donors (Lipinski definition) is 0. The van der Waals surface area contributed by atoms with Crippen LogP contribution in [0.1, 0.15) is 5.56 Å². The van der Waals surface area contributed by atoms with E-state index in [9.17, 15) is 0 Å². The van der Waals surface area contributed by atoms with E-state index in [-0.39, 0.29) is 0 Å². The van der Waals surface area contributed by atoms with Crippen LogP contribution in [-0.4, -0.2) is 9.78 Å². The van der Waals surface area contributed by atoms with Crippen LogP contribution in [0.15, 0.2) is 12.4 Å². The van der Waals surface area contributed by atoms with Crippen LogP contribution in [0.2, 0.25) is 0 Å². The minimum atomic E-state index is 0.604. The van der Waals surface area contributed by atoms with E-state index in [0.29, 0.717) is 5.56 Å². The van der Waals surface area contributed by atoms with E-state index in [1.807, 2.05) is 6.07 Å². The lowest BCUT2D eigenvalue weighted by molar-refractivity contribution is 0.767. The van der Waals surface area contributed by atoms with Crippen LogP contribution in [0.4, 0.5) is 0 Å². The monoisotopic (exact) mass is 109 g/mol. The normalized spacial score (nSPS) is 8.50. The SMILES string of the molecule is Cn1cc([14C]#N)cn1. The van der Waals surface area contributed by atoms with Crippen LogP contribution >= 0.6 is 0 Å². The molecule has 0 aromatic carbocycles. The summed E-state index contributed by atoms with van der Waals surface area (Å²) >= 11 is 0. The standard InChI is InChI=1S/C5H5N3/c1-8-4-5(2-6)3-7-8/h3-4H,1H3/i2+2. The lowest BCUT2D eigenvalue weighted by Gasteiger charge is -1.77. The second-order valence-corrected chi connectivity index (χ2v) is 1.51. The Morgan fingerprint density at radius 2 is 2.62 bits per heavy atom. The molecule has 0 N–H and O–H groups in total. The van der Waals surface area contributed by atoms with E-state index in [4.69, 9.17) is 5.26 Å². The second-order valence-electron chi connectivity index (χ2n) is 1.51. The fourth-order valence-corrected chi connectivity index (χ4v) is 0.479. The molecule has 1 aromatic rings. The molecule has 40 valence electrons. The van der Waals surface area contributed by atoms with Crippen molar-refractivity contribution < 1.29 is 0 Å². The van der Waals surface area contributed by atoms with Gasteiger partial charge in [-0.2, -0.15) is 10.4 Å². The van der Waals surface area contributed by atoms with E-state index in [1.54, 1.807) is 17.9 Å². The molecule has 0 radical (unpaired) electrons. The molecular weight excluding hydrogens is 104 g/mol. The van der Waals surface area contributed by atoms with Crippen LogP contribution in [0.25, 0.3) is 0 Å². The van der Waals surface area contributed by atoms with Crippen molar-refractivity contribution in [2.45, 2.75) is 0 Å². The first-order valence-corrected chi connectivity index (χ1v) is 2.21. The van der Waals surface area contributed by atoms with Crippen molar-refractivity contribution in [1.82, 2.24) is 9.78 Å². The van der Waals surface area contributed by atoms with E-state index in [0.717, 1.165) is 0 Å². The molecule has 0 aliphatic heterocycles. The minimum absolute atomic E-state index is 0.604. The first-order valence-electron chi connectivity index (χ1n) is 2.21. The van der Waals surface area contributed by atoms with Crippen molar-refractivity contribution >= 4 is 0 Å². The minimum Gasteiger partial charge on any atom is -0.274 e. The molecule has 1 aromatic heterocycles. The van der Waals surface area contributed by atoms with Crippen molar-refractivity contribution in [1.29, 1.82) is 5.26 Å². The molecule has 1 heterocycles. The molecule has 0 saturated heterocycles. The van der Waals surface area contributed by atoms with Gasteiger partial charge in [-0.3, -0.25) is 4.68 Å². The molecule has 0 unspecified atom stereocenters. The summed E-state index contributed by atoms with van der Waals surface area (Å²) in [5, 5.41) is 12.0. The highest BCUT2D eigenvalue weighted by molar-refractivity contribution is 5.21. The lowest BCUT2D eigenvalue weighted by atomic mass is 10.6. The van der Waals surface area contributed by atoms with E-state index >= 15 is 0 Å². The molecule has 0 amide bonds. The third kappa shape index (κ3) is 0.684. The van der Waals surface area contributed by atoms with Crippen LogP contribution in [0.3, 0.4) is 0 Å². The van der Waals surface area contributed by atoms with Crippen molar-refractivity contribution in [3.8, 4) is 6.07 Å². The van der Waals surface area contributed by atoms with Gasteiger partial charge in [-0.15, -0.1) is 0 Å². The summed E-state index contributed by atoms with van der Waals surface area (Å²) in [6.45, 7) is 0. The topological polar surface area (TPSA) is 41.6 Å². The molecule has 0 atom stereocenters. The van der Waals surface area contributed by atoms with Crippen molar-refractivity contribution in [2.75, 3.05) is 0 Å². The van der Waals surface area contributed by atoms with Crippen molar-refractivity contribution in [3.63, 3.8) is 0 Å². The zero-order chi connectivity index (χ0) is 5.98. The highest BCUT2D eigenvalue weighted by Gasteiger charge is 1.88. The maximum Gasteiger partial charge on any atom is 0.102 e. The highest BCUT2D eigenvalue weighted by atomic mass is 15.2. The van der Waals surface area contributed by atoms with Crippen molar-refractivity contribution in [2.24, 2.45) is 7.05 Å². The Morgan fingerprint density at radius 3 is 2.88 bits per heavy atom. The van der Waals surface area contributed by atoms with Gasteiger partial charge in [-0.1, -0.05) is 0 Å². The Labute approximate surface area is 47.2 Å². The molecule has 0 aliphatic rings. The number of nitriles is 1. The van der Waals surface area contributed by atoms with E-state index in [2.05, 4.69) is 5.10 Å². The third-order valence-corrected chi connectivity index (χ3v) is 0.834. The Bertz CT molecular complexity index is 218. The Hall–Kier alpha value is -1.30. The summed E-state index contributed by atoms with van der Waals surface area (Å²) in [4.78, 5) is 0. The number of aryl methyl sites for hydroxylation is 1. The zero-order valence-corrected chi connectivity index (χ0v) is 4.50.